The average Bonchev–Trinajstić information content (AvgIpc) is 3.24. The number of hydrogen-bond donors (Lipinski definition) is 1. The summed E-state index contributed by atoms with van der Waals surface area (Å²) in [5.41, 5.74) is 5.68. The van der Waals surface area contributed by atoms with Gasteiger partial charge in [-0.3, -0.25) is 4.79 Å². The molecule has 0 radical (unpaired) electrons. The lowest BCUT2D eigenvalue weighted by Gasteiger charge is -2.56. The Kier molecular flexibility index (Phi) is 7.08. The molecule has 4 bridgehead atoms. The van der Waals surface area contributed by atoms with Gasteiger partial charge >= 0.3 is 0 Å². The van der Waals surface area contributed by atoms with Gasteiger partial charge in [0.25, 0.3) is 0 Å². The van der Waals surface area contributed by atoms with Crippen LogP contribution in [0.4, 0.5) is 0 Å². The van der Waals surface area contributed by atoms with Crippen LogP contribution in [-0.4, -0.2) is 37.5 Å². The van der Waals surface area contributed by atoms with Crippen molar-refractivity contribution in [3.05, 3.63) is 74.8 Å². The lowest BCUT2D eigenvalue weighted by Crippen LogP contribution is -2.54. The Hall–Kier alpha value is -1.81. The van der Waals surface area contributed by atoms with E-state index in [2.05, 4.69) is 53.7 Å². The van der Waals surface area contributed by atoms with E-state index < -0.39 is 0 Å². The third-order valence-corrected chi connectivity index (χ3v) is 12.1. The van der Waals surface area contributed by atoms with E-state index in [9.17, 15) is 4.79 Å². The molecule has 0 aromatic heterocycles. The predicted molar refractivity (Wildman–Crippen MR) is 165 cm³/mol. The molecule has 1 N–H and O–H groups in total. The molecule has 8 rings (SSSR count). The largest absolute Gasteiger partial charge is 0.345 e. The molecule has 3 nitrogen and oxygen atoms in total. The van der Waals surface area contributed by atoms with Gasteiger partial charge in [0, 0.05) is 24.9 Å². The third-order valence-electron chi connectivity index (χ3n) is 11.4. The first kappa shape index (κ1) is 27.0. The number of fused-ring (bicyclic) bond motifs is 2. The van der Waals surface area contributed by atoms with Gasteiger partial charge in [0.15, 0.2) is 0 Å². The minimum Gasteiger partial charge on any atom is -0.345 e. The van der Waals surface area contributed by atoms with Crippen LogP contribution in [0.2, 0.25) is 10.0 Å². The summed E-state index contributed by atoms with van der Waals surface area (Å²) < 4.78 is 0. The minimum atomic E-state index is -0.111. The normalized spacial score (nSPS) is 30.3. The van der Waals surface area contributed by atoms with E-state index in [4.69, 9.17) is 23.2 Å². The number of nitrogens with one attached hydrogen (secondary N) is 1. The molecule has 0 unspecified atom stereocenters. The lowest BCUT2D eigenvalue weighted by molar-refractivity contribution is -0.156. The second kappa shape index (κ2) is 10.5. The fourth-order valence-electron chi connectivity index (χ4n) is 9.96. The molecule has 40 heavy (non-hydrogen) atoms. The zero-order chi connectivity index (χ0) is 27.5. The number of carbonyl (C=O) groups excluding carboxylic acids is 1. The van der Waals surface area contributed by atoms with E-state index in [1.54, 1.807) is 5.57 Å². The molecule has 2 aromatic carbocycles. The number of carbonyl (C=O) groups is 1. The molecule has 1 atom stereocenters. The van der Waals surface area contributed by atoms with Crippen molar-refractivity contribution in [1.82, 2.24) is 10.2 Å². The number of benzene rings is 2. The van der Waals surface area contributed by atoms with Crippen LogP contribution < -0.4 is 5.32 Å². The van der Waals surface area contributed by atoms with Crippen LogP contribution in [0.25, 0.3) is 6.08 Å². The standard InChI is InChI=1S/C35H42Cl2N2O/c1-39(33(40)34-19-23-14-24(20-34)16-25(15-23)21-34)22-28(26-7-9-31(36)32(37)18-26)6-8-29-17-27-4-2-3-5-30(27)35(29)10-12-38-13-11-35/h2-5,7,9,17-18,23-25,28,38H,6,8,10-16,19-22H2,1H3/t23?,24?,25?,28-,34?/m1/s1. The number of piperidine rings is 1. The van der Waals surface area contributed by atoms with Crippen molar-refractivity contribution in [3.8, 4) is 0 Å². The number of amides is 1. The molecule has 1 heterocycles. The van der Waals surface area contributed by atoms with Crippen molar-refractivity contribution < 1.29 is 4.79 Å². The number of nitrogens with zero attached hydrogens (tertiary/aromatic N) is 1. The van der Waals surface area contributed by atoms with E-state index >= 15 is 0 Å². The van der Waals surface area contributed by atoms with Crippen molar-refractivity contribution in [1.29, 1.82) is 0 Å². The van der Waals surface area contributed by atoms with Crippen molar-refractivity contribution in [2.24, 2.45) is 23.2 Å². The summed E-state index contributed by atoms with van der Waals surface area (Å²) in [6.45, 7) is 2.85. The highest BCUT2D eigenvalue weighted by Gasteiger charge is 2.55. The number of rotatable bonds is 7. The fraction of sp³-hybridized carbons (Fsp3) is 0.571. The Balaban J connectivity index is 1.14. The maximum Gasteiger partial charge on any atom is 0.228 e. The van der Waals surface area contributed by atoms with Crippen molar-refractivity contribution >= 4 is 35.2 Å². The molecule has 1 amide bonds. The lowest BCUT2D eigenvalue weighted by atomic mass is 9.49. The first-order chi connectivity index (χ1) is 19.3. The SMILES string of the molecule is CN(C[C@@H](CCC1=Cc2ccccc2C12CCNCC2)c1ccc(Cl)c(Cl)c1)C(=O)C12CC3CC(CC(C3)C1)C2. The summed E-state index contributed by atoms with van der Waals surface area (Å²) >= 11 is 12.9. The highest BCUT2D eigenvalue weighted by Crippen LogP contribution is 2.60. The summed E-state index contributed by atoms with van der Waals surface area (Å²) in [6.07, 6.45) is 14.2. The maximum absolute atomic E-state index is 14.2. The Bertz CT molecular complexity index is 1290. The first-order valence-electron chi connectivity index (χ1n) is 15.6. The van der Waals surface area contributed by atoms with Gasteiger partial charge in [0.2, 0.25) is 5.91 Å². The summed E-state index contributed by atoms with van der Waals surface area (Å²) in [4.78, 5) is 16.3. The van der Waals surface area contributed by atoms with Crippen molar-refractivity contribution in [2.45, 2.75) is 75.5 Å². The van der Waals surface area contributed by atoms with E-state index in [1.807, 2.05) is 12.1 Å². The van der Waals surface area contributed by atoms with Crippen LogP contribution >= 0.6 is 23.2 Å². The van der Waals surface area contributed by atoms with E-state index in [0.29, 0.717) is 16.0 Å². The average molecular weight is 578 g/mol. The third kappa shape index (κ3) is 4.65. The number of halogens is 2. The molecule has 1 spiro atoms. The van der Waals surface area contributed by atoms with Gasteiger partial charge in [-0.15, -0.1) is 0 Å². The molecule has 5 fully saturated rings. The Labute approximate surface area is 249 Å². The van der Waals surface area contributed by atoms with Crippen molar-refractivity contribution in [2.75, 3.05) is 26.7 Å². The molecular weight excluding hydrogens is 535 g/mol. The number of likely N-dealkylation sites (N-methyl/N-ethyl adjacent to an activating group) is 1. The van der Waals surface area contributed by atoms with Crippen LogP contribution in [0.3, 0.4) is 0 Å². The quantitative estimate of drug-likeness (QED) is 0.359. The van der Waals surface area contributed by atoms with Gasteiger partial charge in [-0.25, -0.2) is 0 Å². The molecular formula is C35H42Cl2N2O. The van der Waals surface area contributed by atoms with Gasteiger partial charge < -0.3 is 10.2 Å². The first-order valence-corrected chi connectivity index (χ1v) is 16.3. The molecule has 6 aliphatic rings. The molecule has 5 heteroatoms. The fourth-order valence-corrected chi connectivity index (χ4v) is 10.3. The van der Waals surface area contributed by atoms with Crippen LogP contribution in [0.15, 0.2) is 48.0 Å². The highest BCUT2D eigenvalue weighted by atomic mass is 35.5. The Morgan fingerprint density at radius 1 is 0.975 bits per heavy atom. The number of hydrogen-bond acceptors (Lipinski definition) is 2. The van der Waals surface area contributed by atoms with Crippen LogP contribution in [0.5, 0.6) is 0 Å². The molecule has 1 saturated heterocycles. The summed E-state index contributed by atoms with van der Waals surface area (Å²) in [5, 5.41) is 4.77. The van der Waals surface area contributed by atoms with Crippen molar-refractivity contribution in [3.63, 3.8) is 0 Å². The smallest absolute Gasteiger partial charge is 0.228 e. The van der Waals surface area contributed by atoms with E-state index in [1.165, 1.54) is 36.0 Å². The zero-order valence-electron chi connectivity index (χ0n) is 23.7. The molecule has 5 aliphatic carbocycles. The van der Waals surface area contributed by atoms with Gasteiger partial charge in [0.05, 0.1) is 15.5 Å². The van der Waals surface area contributed by atoms with E-state index in [-0.39, 0.29) is 16.7 Å². The van der Waals surface area contributed by atoms with Crippen LogP contribution in [0, 0.1) is 23.2 Å². The number of allylic oxidation sites excluding steroid dienone is 1. The molecule has 1 aliphatic heterocycles. The van der Waals surface area contributed by atoms with Gasteiger partial charge in [-0.2, -0.15) is 0 Å². The Morgan fingerprint density at radius 3 is 2.33 bits per heavy atom. The second-order valence-electron chi connectivity index (χ2n) is 13.9. The maximum atomic E-state index is 14.2. The molecule has 2 aromatic rings. The van der Waals surface area contributed by atoms with E-state index in [0.717, 1.165) is 82.3 Å². The van der Waals surface area contributed by atoms with Gasteiger partial charge in [-0.1, -0.05) is 65.2 Å². The van der Waals surface area contributed by atoms with Crippen LogP contribution in [0.1, 0.15) is 86.8 Å². The molecule has 4 saturated carbocycles. The summed E-state index contributed by atoms with van der Waals surface area (Å²) in [5.74, 6) is 2.92. The predicted octanol–water partition coefficient (Wildman–Crippen LogP) is 8.25. The highest BCUT2D eigenvalue weighted by molar-refractivity contribution is 6.42. The zero-order valence-corrected chi connectivity index (χ0v) is 25.2. The minimum absolute atomic E-state index is 0.111. The summed E-state index contributed by atoms with van der Waals surface area (Å²) in [7, 11) is 2.06. The Morgan fingerprint density at radius 2 is 1.65 bits per heavy atom. The van der Waals surface area contributed by atoms with Crippen LogP contribution in [-0.2, 0) is 10.2 Å². The topological polar surface area (TPSA) is 32.3 Å². The van der Waals surface area contributed by atoms with Gasteiger partial charge in [0.1, 0.15) is 0 Å². The summed E-state index contributed by atoms with van der Waals surface area (Å²) in [6, 6.07) is 15.1. The van der Waals surface area contributed by atoms with Gasteiger partial charge in [-0.05, 0) is 124 Å². The second-order valence-corrected chi connectivity index (χ2v) is 14.7. The monoisotopic (exact) mass is 576 g/mol. The molecule has 212 valence electrons.